The van der Waals surface area contributed by atoms with Gasteiger partial charge in [-0.2, -0.15) is 4.31 Å². The normalized spacial score (nSPS) is 17.8. The summed E-state index contributed by atoms with van der Waals surface area (Å²) in [4.78, 5) is 21.5. The number of hydrogen-bond acceptors (Lipinski definition) is 8. The Morgan fingerprint density at radius 2 is 1.82 bits per heavy atom. The first-order valence-electron chi connectivity index (χ1n) is 11.1. The van der Waals surface area contributed by atoms with Crippen LogP contribution in [-0.4, -0.2) is 66.6 Å². The molecule has 0 unspecified atom stereocenters. The van der Waals surface area contributed by atoms with Gasteiger partial charge >= 0.3 is 0 Å². The second-order valence-corrected chi connectivity index (χ2v) is 11.2. The number of fused-ring (bicyclic) bond motifs is 2. The van der Waals surface area contributed by atoms with E-state index in [9.17, 15) is 13.2 Å². The van der Waals surface area contributed by atoms with Gasteiger partial charge in [0.15, 0.2) is 11.5 Å². The van der Waals surface area contributed by atoms with Crippen molar-refractivity contribution in [2.75, 3.05) is 39.4 Å². The van der Waals surface area contributed by atoms with Crippen molar-refractivity contribution in [3.05, 3.63) is 45.8 Å². The zero-order chi connectivity index (χ0) is 23.0. The number of aromatic nitrogens is 2. The number of sulfonamides is 1. The summed E-state index contributed by atoms with van der Waals surface area (Å²) in [7, 11) is -3.65. The Bertz CT molecular complexity index is 1330. The second-order valence-electron chi connectivity index (χ2n) is 8.13. The number of rotatable bonds is 5. The van der Waals surface area contributed by atoms with Crippen LogP contribution in [0.5, 0.6) is 11.5 Å². The lowest BCUT2D eigenvalue weighted by Gasteiger charge is -2.34. The van der Waals surface area contributed by atoms with Crippen molar-refractivity contribution in [3.8, 4) is 11.5 Å². The van der Waals surface area contributed by atoms with E-state index in [2.05, 4.69) is 16.8 Å². The molecule has 5 rings (SSSR count). The number of thiophene rings is 1. The Morgan fingerprint density at radius 1 is 1.06 bits per heavy atom. The first kappa shape index (κ1) is 22.3. The predicted molar refractivity (Wildman–Crippen MR) is 126 cm³/mol. The van der Waals surface area contributed by atoms with Crippen LogP contribution in [0.2, 0.25) is 0 Å². The summed E-state index contributed by atoms with van der Waals surface area (Å²) in [6, 6.07) is 6.70. The lowest BCUT2D eigenvalue weighted by molar-refractivity contribution is 0.150. The summed E-state index contributed by atoms with van der Waals surface area (Å²) in [5, 5.41) is 0.648. The highest BCUT2D eigenvalue weighted by molar-refractivity contribution is 7.89. The highest BCUT2D eigenvalue weighted by atomic mass is 32.2. The highest BCUT2D eigenvalue weighted by Gasteiger charge is 2.30. The lowest BCUT2D eigenvalue weighted by Crippen LogP contribution is -2.49. The van der Waals surface area contributed by atoms with Crippen LogP contribution in [0.1, 0.15) is 18.2 Å². The summed E-state index contributed by atoms with van der Waals surface area (Å²) < 4.78 is 40.7. The molecule has 33 heavy (non-hydrogen) atoms. The van der Waals surface area contributed by atoms with Gasteiger partial charge in [-0.15, -0.1) is 11.3 Å². The van der Waals surface area contributed by atoms with Gasteiger partial charge in [-0.1, -0.05) is 6.92 Å². The maximum atomic E-state index is 13.2. The van der Waals surface area contributed by atoms with Crippen molar-refractivity contribution in [1.29, 1.82) is 0 Å². The fourth-order valence-electron chi connectivity index (χ4n) is 4.06. The van der Waals surface area contributed by atoms with Crippen LogP contribution >= 0.6 is 11.3 Å². The molecule has 0 saturated carbocycles. The summed E-state index contributed by atoms with van der Waals surface area (Å²) in [5.74, 6) is 1.04. The Morgan fingerprint density at radius 3 is 2.58 bits per heavy atom. The van der Waals surface area contributed by atoms with Gasteiger partial charge in [0.2, 0.25) is 10.0 Å². The number of aryl methyl sites for hydroxylation is 1. The van der Waals surface area contributed by atoms with Gasteiger partial charge in [0.05, 0.1) is 30.2 Å². The minimum atomic E-state index is -3.65. The van der Waals surface area contributed by atoms with E-state index in [1.807, 2.05) is 6.07 Å². The van der Waals surface area contributed by atoms with E-state index in [4.69, 9.17) is 9.47 Å². The standard InChI is InChI=1S/C22H26N4O5S2/c1-2-16-12-18-21(32-16)23-14-25(22(18)27)15-24-6-8-26(9-7-24)33(28,29)17-4-5-19-20(13-17)31-11-3-10-30-19/h4-5,12-14H,2-3,6-11,15H2,1H3. The average molecular weight is 491 g/mol. The molecule has 1 saturated heterocycles. The first-order valence-corrected chi connectivity index (χ1v) is 13.3. The predicted octanol–water partition coefficient (Wildman–Crippen LogP) is 2.15. The second kappa shape index (κ2) is 9.05. The quantitative estimate of drug-likeness (QED) is 0.541. The number of benzene rings is 1. The molecule has 0 N–H and O–H groups in total. The van der Waals surface area contributed by atoms with E-state index in [0.717, 1.165) is 22.5 Å². The van der Waals surface area contributed by atoms with E-state index < -0.39 is 10.0 Å². The molecule has 11 heteroatoms. The van der Waals surface area contributed by atoms with Gasteiger partial charge < -0.3 is 9.47 Å². The minimum Gasteiger partial charge on any atom is -0.490 e. The minimum absolute atomic E-state index is 0.0572. The summed E-state index contributed by atoms with van der Waals surface area (Å²) >= 11 is 1.55. The molecule has 0 spiro atoms. The lowest BCUT2D eigenvalue weighted by atomic mass is 10.3. The molecule has 2 aliphatic rings. The van der Waals surface area contributed by atoms with E-state index in [-0.39, 0.29) is 10.5 Å². The Hall–Kier alpha value is -2.47. The number of piperazine rings is 1. The topological polar surface area (TPSA) is 94.0 Å². The van der Waals surface area contributed by atoms with Gasteiger partial charge in [0, 0.05) is 43.5 Å². The van der Waals surface area contributed by atoms with Crippen molar-refractivity contribution in [2.24, 2.45) is 0 Å². The van der Waals surface area contributed by atoms with Crippen molar-refractivity contribution in [2.45, 2.75) is 31.3 Å². The van der Waals surface area contributed by atoms with Crippen LogP contribution in [0, 0.1) is 0 Å². The van der Waals surface area contributed by atoms with Crippen LogP contribution in [-0.2, 0) is 23.1 Å². The van der Waals surface area contributed by atoms with Crippen molar-refractivity contribution >= 4 is 31.6 Å². The fraction of sp³-hybridized carbons (Fsp3) is 0.455. The summed E-state index contributed by atoms with van der Waals surface area (Å²) in [6.07, 6.45) is 3.22. The molecule has 0 amide bonds. The fourth-order valence-corrected chi connectivity index (χ4v) is 6.43. The molecular formula is C22H26N4O5S2. The van der Waals surface area contributed by atoms with E-state index in [0.29, 0.717) is 62.9 Å². The molecule has 3 aromatic rings. The SMILES string of the molecule is CCc1cc2c(=O)n(CN3CCN(S(=O)(=O)c4ccc5c(c4)OCCCO5)CC3)cnc2s1. The monoisotopic (exact) mass is 490 g/mol. The van der Waals surface area contributed by atoms with Gasteiger partial charge in [-0.05, 0) is 24.6 Å². The smallest absolute Gasteiger partial charge is 0.263 e. The first-order chi connectivity index (χ1) is 16.0. The van der Waals surface area contributed by atoms with E-state index in [1.165, 1.54) is 4.31 Å². The van der Waals surface area contributed by atoms with Gasteiger partial charge in [-0.3, -0.25) is 14.3 Å². The third-order valence-corrected chi connectivity index (χ3v) is 9.04. The number of nitrogens with zero attached hydrogens (tertiary/aromatic N) is 4. The summed E-state index contributed by atoms with van der Waals surface area (Å²) in [6.45, 7) is 5.24. The van der Waals surface area contributed by atoms with Crippen molar-refractivity contribution in [1.82, 2.24) is 18.8 Å². The van der Waals surface area contributed by atoms with Gasteiger partial charge in [-0.25, -0.2) is 13.4 Å². The Kier molecular flexibility index (Phi) is 6.12. The Labute approximate surface area is 196 Å². The molecule has 0 bridgehead atoms. The van der Waals surface area contributed by atoms with Gasteiger partial charge in [0.25, 0.3) is 5.56 Å². The van der Waals surface area contributed by atoms with Crippen LogP contribution in [0.4, 0.5) is 0 Å². The van der Waals surface area contributed by atoms with Crippen molar-refractivity contribution < 1.29 is 17.9 Å². The molecule has 0 atom stereocenters. The van der Waals surface area contributed by atoms with Gasteiger partial charge in [0.1, 0.15) is 11.2 Å². The molecule has 0 aliphatic carbocycles. The number of ether oxygens (including phenoxy) is 2. The summed E-state index contributed by atoms with van der Waals surface area (Å²) in [5.41, 5.74) is -0.0572. The van der Waals surface area contributed by atoms with Crippen LogP contribution in [0.15, 0.2) is 40.3 Å². The van der Waals surface area contributed by atoms with Crippen molar-refractivity contribution in [3.63, 3.8) is 0 Å². The molecule has 1 fully saturated rings. The zero-order valence-corrected chi connectivity index (χ0v) is 20.0. The van der Waals surface area contributed by atoms with Crippen LogP contribution in [0.25, 0.3) is 10.2 Å². The maximum absolute atomic E-state index is 13.2. The average Bonchev–Trinajstić information content (AvgIpc) is 3.11. The van der Waals surface area contributed by atoms with E-state index in [1.54, 1.807) is 40.4 Å². The maximum Gasteiger partial charge on any atom is 0.263 e. The third-order valence-electron chi connectivity index (χ3n) is 5.96. The molecule has 176 valence electrons. The molecule has 2 aromatic heterocycles. The third kappa shape index (κ3) is 4.37. The van der Waals surface area contributed by atoms with E-state index >= 15 is 0 Å². The molecule has 4 heterocycles. The Balaban J connectivity index is 1.27. The molecule has 2 aliphatic heterocycles. The number of hydrogen-bond donors (Lipinski definition) is 0. The van der Waals surface area contributed by atoms with Crippen LogP contribution in [0.3, 0.4) is 0 Å². The largest absolute Gasteiger partial charge is 0.490 e. The molecular weight excluding hydrogens is 464 g/mol. The van der Waals surface area contributed by atoms with Crippen LogP contribution < -0.4 is 15.0 Å². The molecule has 1 aromatic carbocycles. The molecule has 9 nitrogen and oxygen atoms in total. The highest BCUT2D eigenvalue weighted by Crippen LogP contribution is 2.33. The molecule has 0 radical (unpaired) electrons. The zero-order valence-electron chi connectivity index (χ0n) is 18.4.